The summed E-state index contributed by atoms with van der Waals surface area (Å²) in [7, 11) is -0.174. The van der Waals surface area contributed by atoms with Crippen LogP contribution < -0.4 is 4.74 Å². The van der Waals surface area contributed by atoms with Crippen LogP contribution in [-0.2, 0) is 12.5 Å². The Balaban J connectivity index is 2.63. The van der Waals surface area contributed by atoms with Gasteiger partial charge in [-0.2, -0.15) is 0 Å². The molecule has 0 fully saturated rings. The number of rotatable bonds is 10. The molecule has 0 saturated carbocycles. The van der Waals surface area contributed by atoms with E-state index in [1.54, 1.807) is 0 Å². The van der Waals surface area contributed by atoms with Crippen molar-refractivity contribution in [2.24, 2.45) is 0 Å². The Bertz CT molecular complexity index is 374. The van der Waals surface area contributed by atoms with Gasteiger partial charge in [0.05, 0.1) is 6.61 Å². The summed E-state index contributed by atoms with van der Waals surface area (Å²) in [5.74, 6) is 1.16. The predicted molar refractivity (Wildman–Crippen MR) is 87.9 cm³/mol. The lowest BCUT2D eigenvalue weighted by Crippen LogP contribution is -2.05. The summed E-state index contributed by atoms with van der Waals surface area (Å²) < 4.78 is 6.09. The molecule has 106 valence electrons. The Kier molecular flexibility index (Phi) is 8.31. The molecule has 1 nitrogen and oxygen atoms in total. The maximum absolute atomic E-state index is 6.09. The average molecular weight is 276 g/mol. The third-order valence-electron chi connectivity index (χ3n) is 3.42. The van der Waals surface area contributed by atoms with Crippen molar-refractivity contribution in [1.82, 2.24) is 0 Å². The molecule has 0 unspecified atom stereocenters. The summed E-state index contributed by atoms with van der Waals surface area (Å²) in [6.45, 7) is 9.17. The second-order valence-corrected chi connectivity index (χ2v) is 6.65. The molecule has 0 spiro atoms. The molecule has 0 aromatic heterocycles. The van der Waals surface area contributed by atoms with E-state index in [4.69, 9.17) is 4.74 Å². The Hall–Kier alpha value is -1.02. The fourth-order valence-corrected chi connectivity index (χ4v) is 3.17. The minimum atomic E-state index is -0.174. The van der Waals surface area contributed by atoms with Crippen molar-refractivity contribution in [3.05, 3.63) is 41.6 Å². The zero-order valence-corrected chi connectivity index (χ0v) is 14.0. The van der Waals surface area contributed by atoms with Gasteiger partial charge in [-0.3, -0.25) is 0 Å². The first kappa shape index (κ1) is 16.0. The molecule has 19 heavy (non-hydrogen) atoms. The Labute approximate surface area is 120 Å². The molecule has 0 radical (unpaired) electrons. The van der Waals surface area contributed by atoms with Crippen LogP contribution in [0.2, 0.25) is 0 Å². The zero-order chi connectivity index (χ0) is 13.9. The smallest absolute Gasteiger partial charge is 0.125 e. The van der Waals surface area contributed by atoms with Crippen LogP contribution in [0.15, 0.2) is 30.5 Å². The van der Waals surface area contributed by atoms with Crippen molar-refractivity contribution in [1.29, 1.82) is 0 Å². The zero-order valence-electron chi connectivity index (χ0n) is 12.6. The quantitative estimate of drug-likeness (QED) is 0.463. The van der Waals surface area contributed by atoms with Crippen molar-refractivity contribution in [2.45, 2.75) is 52.0 Å². The third-order valence-corrected chi connectivity index (χ3v) is 4.66. The predicted octanol–water partition coefficient (Wildman–Crippen LogP) is 4.02. The van der Waals surface area contributed by atoms with E-state index in [0.717, 1.165) is 18.8 Å². The van der Waals surface area contributed by atoms with Gasteiger partial charge >= 0.3 is 0 Å². The van der Waals surface area contributed by atoms with Gasteiger partial charge in [0, 0.05) is 9.52 Å². The first-order chi connectivity index (χ1) is 9.33. The summed E-state index contributed by atoms with van der Waals surface area (Å²) in [5.41, 5.74) is 4.86. The molecule has 1 rings (SSSR count). The van der Waals surface area contributed by atoms with Crippen LogP contribution in [0.4, 0.5) is 0 Å². The standard InChI is InChI=1S/C17H28OSi/c1-4-7-8-9-13-18-17-15(5-2)11-10-12-16(17)14-19-6-3/h6,10-12H,3-5,7-9,13-14,19H2,1-2H3. The molecular weight excluding hydrogens is 248 g/mol. The lowest BCUT2D eigenvalue weighted by molar-refractivity contribution is 0.300. The van der Waals surface area contributed by atoms with Gasteiger partial charge in [-0.15, -0.1) is 12.3 Å². The number of unbranched alkanes of at least 4 members (excludes halogenated alkanes) is 3. The first-order valence-electron chi connectivity index (χ1n) is 7.67. The van der Waals surface area contributed by atoms with Crippen LogP contribution in [0, 0.1) is 0 Å². The fourth-order valence-electron chi connectivity index (χ4n) is 2.26. The van der Waals surface area contributed by atoms with Gasteiger partial charge < -0.3 is 4.74 Å². The fraction of sp³-hybridized carbons (Fsp3) is 0.529. The Morgan fingerprint density at radius 2 is 1.95 bits per heavy atom. The minimum absolute atomic E-state index is 0.174. The number of hydrogen-bond acceptors (Lipinski definition) is 1. The van der Waals surface area contributed by atoms with Crippen LogP contribution in [0.3, 0.4) is 0 Å². The molecule has 0 bridgehead atoms. The monoisotopic (exact) mass is 276 g/mol. The molecule has 2 heteroatoms. The summed E-state index contributed by atoms with van der Waals surface area (Å²) in [4.78, 5) is 0. The van der Waals surface area contributed by atoms with E-state index in [1.807, 2.05) is 0 Å². The highest BCUT2D eigenvalue weighted by atomic mass is 28.2. The largest absolute Gasteiger partial charge is 0.493 e. The number of benzene rings is 1. The van der Waals surface area contributed by atoms with Crippen LogP contribution in [0.5, 0.6) is 5.75 Å². The maximum atomic E-state index is 6.09. The molecule has 1 aromatic rings. The van der Waals surface area contributed by atoms with E-state index in [-0.39, 0.29) is 9.52 Å². The van der Waals surface area contributed by atoms with E-state index in [1.165, 1.54) is 42.9 Å². The molecular formula is C17H28OSi. The van der Waals surface area contributed by atoms with E-state index in [9.17, 15) is 0 Å². The van der Waals surface area contributed by atoms with E-state index < -0.39 is 0 Å². The normalized spacial score (nSPS) is 11.1. The summed E-state index contributed by atoms with van der Waals surface area (Å²) >= 11 is 0. The van der Waals surface area contributed by atoms with Crippen LogP contribution >= 0.6 is 0 Å². The van der Waals surface area contributed by atoms with Crippen molar-refractivity contribution in [3.8, 4) is 5.75 Å². The van der Waals surface area contributed by atoms with E-state index in [0.29, 0.717) is 0 Å². The second-order valence-electron chi connectivity index (χ2n) is 5.00. The van der Waals surface area contributed by atoms with Crippen molar-refractivity contribution < 1.29 is 4.74 Å². The Morgan fingerprint density at radius 3 is 2.63 bits per heavy atom. The Morgan fingerprint density at radius 1 is 1.16 bits per heavy atom. The average Bonchev–Trinajstić information content (AvgIpc) is 2.45. The van der Waals surface area contributed by atoms with Gasteiger partial charge in [0.1, 0.15) is 5.75 Å². The van der Waals surface area contributed by atoms with Crippen molar-refractivity contribution in [2.75, 3.05) is 6.61 Å². The summed E-state index contributed by atoms with van der Waals surface area (Å²) in [6.07, 6.45) is 6.09. The van der Waals surface area contributed by atoms with Crippen LogP contribution in [0.25, 0.3) is 0 Å². The topological polar surface area (TPSA) is 9.23 Å². The highest BCUT2D eigenvalue weighted by Crippen LogP contribution is 2.25. The van der Waals surface area contributed by atoms with Crippen molar-refractivity contribution >= 4 is 9.52 Å². The maximum Gasteiger partial charge on any atom is 0.125 e. The molecule has 0 aliphatic carbocycles. The number of hydrogen-bond donors (Lipinski definition) is 0. The molecule has 0 aliphatic heterocycles. The second kappa shape index (κ2) is 9.85. The minimum Gasteiger partial charge on any atom is -0.493 e. The summed E-state index contributed by atoms with van der Waals surface area (Å²) in [5, 5.41) is 0. The van der Waals surface area contributed by atoms with Gasteiger partial charge in [-0.25, -0.2) is 0 Å². The highest BCUT2D eigenvalue weighted by molar-refractivity contribution is 6.41. The third kappa shape index (κ3) is 5.64. The SMILES string of the molecule is C=C[SiH2]Cc1cccc(CC)c1OCCCCCC. The lowest BCUT2D eigenvalue weighted by atomic mass is 10.1. The molecule has 0 aliphatic rings. The number of para-hydroxylation sites is 1. The van der Waals surface area contributed by atoms with E-state index >= 15 is 0 Å². The number of ether oxygens (including phenoxy) is 1. The molecule has 0 saturated heterocycles. The first-order valence-corrected chi connectivity index (χ1v) is 9.49. The molecule has 0 atom stereocenters. The van der Waals surface area contributed by atoms with Gasteiger partial charge in [0.25, 0.3) is 0 Å². The van der Waals surface area contributed by atoms with Gasteiger partial charge in [-0.05, 0) is 30.0 Å². The molecule has 0 amide bonds. The number of aryl methyl sites for hydroxylation is 1. The van der Waals surface area contributed by atoms with Gasteiger partial charge in [-0.1, -0.05) is 51.3 Å². The van der Waals surface area contributed by atoms with Gasteiger partial charge in [0.2, 0.25) is 0 Å². The highest BCUT2D eigenvalue weighted by Gasteiger charge is 2.08. The summed E-state index contributed by atoms with van der Waals surface area (Å²) in [6, 6.07) is 7.74. The van der Waals surface area contributed by atoms with Crippen LogP contribution in [-0.4, -0.2) is 16.1 Å². The molecule has 1 aromatic carbocycles. The molecule has 0 heterocycles. The van der Waals surface area contributed by atoms with Crippen LogP contribution in [0.1, 0.15) is 50.7 Å². The van der Waals surface area contributed by atoms with E-state index in [2.05, 4.69) is 44.3 Å². The van der Waals surface area contributed by atoms with Gasteiger partial charge in [0.15, 0.2) is 0 Å². The van der Waals surface area contributed by atoms with Crippen molar-refractivity contribution in [3.63, 3.8) is 0 Å². The lowest BCUT2D eigenvalue weighted by Gasteiger charge is -2.15. The molecule has 0 N–H and O–H groups in total.